The maximum absolute atomic E-state index is 11.5. The second kappa shape index (κ2) is 7.23. The summed E-state index contributed by atoms with van der Waals surface area (Å²) in [5, 5.41) is 10.1. The number of carbonyl (C=O) groups excluding carboxylic acids is 1. The van der Waals surface area contributed by atoms with Gasteiger partial charge in [-0.05, 0) is 39.8 Å². The first-order chi connectivity index (χ1) is 7.10. The maximum atomic E-state index is 11.5. The van der Waals surface area contributed by atoms with Gasteiger partial charge in [0.15, 0.2) is 0 Å². The summed E-state index contributed by atoms with van der Waals surface area (Å²) < 4.78 is 5.02. The Morgan fingerprint density at radius 1 is 1.53 bits per heavy atom. The van der Waals surface area contributed by atoms with Crippen LogP contribution in [-0.4, -0.2) is 37.2 Å². The zero-order valence-corrected chi connectivity index (χ0v) is 9.28. The summed E-state index contributed by atoms with van der Waals surface area (Å²) in [6, 6.07) is 0. The van der Waals surface area contributed by atoms with Gasteiger partial charge in [0.05, 0.1) is 12.0 Å². The average molecular weight is 217 g/mol. The molecule has 0 saturated carbocycles. The predicted molar refractivity (Wildman–Crippen MR) is 55.5 cm³/mol. The van der Waals surface area contributed by atoms with Gasteiger partial charge in [-0.2, -0.15) is 0 Å². The van der Waals surface area contributed by atoms with Crippen LogP contribution < -0.4 is 5.32 Å². The van der Waals surface area contributed by atoms with Crippen molar-refractivity contribution in [3.8, 4) is 0 Å². The van der Waals surface area contributed by atoms with Gasteiger partial charge in [-0.15, -0.1) is 0 Å². The van der Waals surface area contributed by atoms with Crippen molar-refractivity contribution in [2.45, 2.75) is 26.7 Å². The highest BCUT2D eigenvalue weighted by atomic mass is 16.5. The van der Waals surface area contributed by atoms with E-state index in [0.717, 1.165) is 25.9 Å². The Morgan fingerprint density at radius 3 is 2.40 bits per heavy atom. The molecule has 1 fully saturated rings. The minimum absolute atomic E-state index is 0.0356. The van der Waals surface area contributed by atoms with Gasteiger partial charge in [0, 0.05) is 0 Å². The lowest BCUT2D eigenvalue weighted by Gasteiger charge is -2.31. The second-order valence-electron chi connectivity index (χ2n) is 3.64. The molecule has 2 N–H and O–H groups in total. The van der Waals surface area contributed by atoms with Crippen LogP contribution in [0.3, 0.4) is 0 Å². The van der Waals surface area contributed by atoms with Crippen LogP contribution in [0.25, 0.3) is 0 Å². The molecule has 0 amide bonds. The molecule has 0 aromatic rings. The molecule has 0 unspecified atom stereocenters. The minimum atomic E-state index is -0.250. The van der Waals surface area contributed by atoms with Crippen LogP contribution in [0.15, 0.2) is 0 Å². The fraction of sp³-hybridized carbons (Fsp3) is 0.800. The first kappa shape index (κ1) is 13.9. The molecule has 0 atom stereocenters. The van der Waals surface area contributed by atoms with Gasteiger partial charge in [0.2, 0.25) is 0 Å². The molecule has 0 aromatic heterocycles. The van der Waals surface area contributed by atoms with Crippen molar-refractivity contribution < 1.29 is 19.4 Å². The van der Waals surface area contributed by atoms with E-state index in [0.29, 0.717) is 6.61 Å². The molecule has 0 bridgehead atoms. The minimum Gasteiger partial charge on any atom is -0.483 e. The topological polar surface area (TPSA) is 75.6 Å². The average Bonchev–Trinajstić information content (AvgIpc) is 2.20. The molecule has 5 nitrogen and oxygen atoms in total. The molecule has 0 spiro atoms. The van der Waals surface area contributed by atoms with Crippen LogP contribution in [0.4, 0.5) is 0 Å². The monoisotopic (exact) mass is 217 g/mol. The molecule has 0 aliphatic carbocycles. The summed E-state index contributed by atoms with van der Waals surface area (Å²) >= 11 is 0. The molecular weight excluding hydrogens is 198 g/mol. The number of nitrogens with one attached hydrogen (secondary N) is 1. The van der Waals surface area contributed by atoms with Gasteiger partial charge in [0.25, 0.3) is 6.47 Å². The fourth-order valence-electron chi connectivity index (χ4n) is 1.49. The van der Waals surface area contributed by atoms with Crippen LogP contribution >= 0.6 is 0 Å². The van der Waals surface area contributed by atoms with Crippen molar-refractivity contribution in [3.05, 3.63) is 0 Å². The van der Waals surface area contributed by atoms with Crippen molar-refractivity contribution in [2.75, 3.05) is 19.7 Å². The van der Waals surface area contributed by atoms with E-state index in [1.807, 2.05) is 13.8 Å². The van der Waals surface area contributed by atoms with E-state index < -0.39 is 0 Å². The largest absolute Gasteiger partial charge is 0.483 e. The summed E-state index contributed by atoms with van der Waals surface area (Å²) in [6.45, 7) is 5.93. The lowest BCUT2D eigenvalue weighted by atomic mass is 9.81. The number of hydrogen-bond donors (Lipinski definition) is 2. The van der Waals surface area contributed by atoms with E-state index in [-0.39, 0.29) is 17.9 Å². The summed E-state index contributed by atoms with van der Waals surface area (Å²) in [4.78, 5) is 19.8. The van der Waals surface area contributed by atoms with Crippen molar-refractivity contribution in [1.82, 2.24) is 5.32 Å². The molecule has 1 heterocycles. The molecule has 88 valence electrons. The summed E-state index contributed by atoms with van der Waals surface area (Å²) in [6.07, 6.45) is 1.79. The molecule has 5 heteroatoms. The number of hydrogen-bond acceptors (Lipinski definition) is 4. The molecule has 1 saturated heterocycles. The molecule has 0 aromatic carbocycles. The van der Waals surface area contributed by atoms with Crippen LogP contribution in [-0.2, 0) is 14.3 Å². The van der Waals surface area contributed by atoms with Gasteiger partial charge < -0.3 is 15.2 Å². The van der Waals surface area contributed by atoms with Gasteiger partial charge in [0.1, 0.15) is 0 Å². The normalized spacial score (nSPS) is 18.3. The second-order valence-corrected chi connectivity index (χ2v) is 3.64. The number of ether oxygens (including phenoxy) is 1. The molecule has 1 aliphatic rings. The standard InChI is InChI=1S/C9H17NO2.CH2O2/c1-3-12-8(11)9(2)4-6-10-7-5-9;2-1-3/h10H,3-7H2,1-2H3;1H,(H,2,3). The lowest BCUT2D eigenvalue weighted by molar-refractivity contribution is -0.155. The van der Waals surface area contributed by atoms with Crippen molar-refractivity contribution in [3.63, 3.8) is 0 Å². The van der Waals surface area contributed by atoms with Crippen molar-refractivity contribution in [2.24, 2.45) is 5.41 Å². The number of piperidine rings is 1. The Labute approximate surface area is 89.8 Å². The zero-order chi connectivity index (χ0) is 11.7. The number of carbonyl (C=O) groups is 2. The highest BCUT2D eigenvalue weighted by molar-refractivity contribution is 5.76. The van der Waals surface area contributed by atoms with Crippen molar-refractivity contribution >= 4 is 12.4 Å². The van der Waals surface area contributed by atoms with Crippen LogP contribution in [0.1, 0.15) is 26.7 Å². The molecule has 15 heavy (non-hydrogen) atoms. The third-order valence-electron chi connectivity index (χ3n) is 2.48. The van der Waals surface area contributed by atoms with E-state index in [1.54, 1.807) is 0 Å². The highest BCUT2D eigenvalue weighted by Crippen LogP contribution is 2.29. The third kappa shape index (κ3) is 4.78. The molecule has 1 rings (SSSR count). The zero-order valence-electron chi connectivity index (χ0n) is 9.28. The van der Waals surface area contributed by atoms with E-state index >= 15 is 0 Å². The first-order valence-electron chi connectivity index (χ1n) is 5.06. The Bertz CT molecular complexity index is 200. The lowest BCUT2D eigenvalue weighted by Crippen LogP contribution is -2.40. The first-order valence-corrected chi connectivity index (χ1v) is 5.06. The number of esters is 1. The maximum Gasteiger partial charge on any atom is 0.311 e. The number of carboxylic acid groups (broad SMARTS) is 1. The van der Waals surface area contributed by atoms with Crippen molar-refractivity contribution in [1.29, 1.82) is 0 Å². The Morgan fingerprint density at radius 2 is 2.00 bits per heavy atom. The summed E-state index contributed by atoms with van der Waals surface area (Å²) in [5.74, 6) is -0.0356. The summed E-state index contributed by atoms with van der Waals surface area (Å²) in [5.41, 5.74) is -0.235. The predicted octanol–water partition coefficient (Wildman–Crippen LogP) is 0.640. The molecule has 1 aliphatic heterocycles. The van der Waals surface area contributed by atoms with Gasteiger partial charge in [-0.1, -0.05) is 0 Å². The van der Waals surface area contributed by atoms with E-state index in [4.69, 9.17) is 14.6 Å². The quantitative estimate of drug-likeness (QED) is 0.524. The van der Waals surface area contributed by atoms with Crippen LogP contribution in [0.5, 0.6) is 0 Å². The van der Waals surface area contributed by atoms with Gasteiger partial charge >= 0.3 is 5.97 Å². The van der Waals surface area contributed by atoms with Crippen LogP contribution in [0, 0.1) is 5.41 Å². The van der Waals surface area contributed by atoms with Gasteiger partial charge in [-0.25, -0.2) is 0 Å². The van der Waals surface area contributed by atoms with Crippen LogP contribution in [0.2, 0.25) is 0 Å². The van der Waals surface area contributed by atoms with Gasteiger partial charge in [-0.3, -0.25) is 9.59 Å². The SMILES string of the molecule is CCOC(=O)C1(C)CCNCC1.O=CO. The molecule has 0 radical (unpaired) electrons. The Kier molecular flexibility index (Phi) is 6.70. The van der Waals surface area contributed by atoms with E-state index in [2.05, 4.69) is 5.32 Å². The highest BCUT2D eigenvalue weighted by Gasteiger charge is 2.35. The third-order valence-corrected chi connectivity index (χ3v) is 2.48. The summed E-state index contributed by atoms with van der Waals surface area (Å²) in [7, 11) is 0. The molecular formula is C10H19NO4. The van der Waals surface area contributed by atoms with E-state index in [1.165, 1.54) is 0 Å². The fourth-order valence-corrected chi connectivity index (χ4v) is 1.49. The Balaban J connectivity index is 0.000000583. The Hall–Kier alpha value is -1.10. The number of rotatable bonds is 2. The van der Waals surface area contributed by atoms with E-state index in [9.17, 15) is 4.79 Å². The smallest absolute Gasteiger partial charge is 0.311 e.